The van der Waals surface area contributed by atoms with Crippen LogP contribution in [0.1, 0.15) is 0 Å². The van der Waals surface area contributed by atoms with E-state index in [0.717, 1.165) is 0 Å². The molecule has 3 aliphatic rings. The molecule has 0 spiro atoms. The molecule has 3 heterocycles. The van der Waals surface area contributed by atoms with Gasteiger partial charge in [0.05, 0.1) is 13.2 Å². The molecule has 10 nitrogen and oxygen atoms in total. The van der Waals surface area contributed by atoms with Gasteiger partial charge in [-0.2, -0.15) is 0 Å². The Balaban J connectivity index is 1.71. The second kappa shape index (κ2) is 6.24. The third kappa shape index (κ3) is 2.65. The summed E-state index contributed by atoms with van der Waals surface area (Å²) in [6.07, 6.45) is -12.6. The maximum absolute atomic E-state index is 10.0. The van der Waals surface area contributed by atoms with Gasteiger partial charge < -0.3 is 49.6 Å². The van der Waals surface area contributed by atoms with Crippen molar-refractivity contribution in [1.29, 1.82) is 0 Å². The highest BCUT2D eigenvalue weighted by Gasteiger charge is 2.53. The Morgan fingerprint density at radius 1 is 0.864 bits per heavy atom. The van der Waals surface area contributed by atoms with Gasteiger partial charge in [0.1, 0.15) is 48.8 Å². The van der Waals surface area contributed by atoms with Crippen molar-refractivity contribution in [2.75, 3.05) is 13.2 Å². The van der Waals surface area contributed by atoms with Crippen molar-refractivity contribution in [3.8, 4) is 0 Å². The van der Waals surface area contributed by atoms with Gasteiger partial charge in [-0.15, -0.1) is 0 Å². The Morgan fingerprint density at radius 2 is 1.59 bits per heavy atom. The molecule has 3 fully saturated rings. The zero-order valence-electron chi connectivity index (χ0n) is 11.5. The number of aliphatic hydroxyl groups is 6. The molecule has 3 aliphatic heterocycles. The molecule has 0 aromatic rings. The predicted octanol–water partition coefficient (Wildman–Crippen LogP) is -4.35. The van der Waals surface area contributed by atoms with Crippen molar-refractivity contribution in [1.82, 2.24) is 0 Å². The predicted molar refractivity (Wildman–Crippen MR) is 65.3 cm³/mol. The van der Waals surface area contributed by atoms with Gasteiger partial charge in [-0.3, -0.25) is 0 Å². The summed E-state index contributed by atoms with van der Waals surface area (Å²) < 4.78 is 21.1. The fraction of sp³-hybridized carbons (Fsp3) is 1.00. The maximum Gasteiger partial charge on any atom is 0.187 e. The Kier molecular flexibility index (Phi) is 4.67. The number of ether oxygens (including phenoxy) is 4. The van der Waals surface area contributed by atoms with E-state index in [1.165, 1.54) is 0 Å². The summed E-state index contributed by atoms with van der Waals surface area (Å²) in [6.45, 7) is -0.503. The van der Waals surface area contributed by atoms with Crippen LogP contribution in [0.2, 0.25) is 0 Å². The fourth-order valence-electron chi connectivity index (χ4n) is 2.85. The third-order valence-electron chi connectivity index (χ3n) is 4.21. The van der Waals surface area contributed by atoms with Gasteiger partial charge in [0.25, 0.3) is 0 Å². The summed E-state index contributed by atoms with van der Waals surface area (Å²) >= 11 is 0. The molecule has 3 rings (SSSR count). The minimum absolute atomic E-state index is 0.0947. The number of fused-ring (bicyclic) bond motifs is 2. The second-order valence-electron chi connectivity index (χ2n) is 5.66. The molecule has 0 unspecified atom stereocenters. The van der Waals surface area contributed by atoms with E-state index in [1.807, 2.05) is 0 Å². The summed E-state index contributed by atoms with van der Waals surface area (Å²) in [5.74, 6) is 0. The normalized spacial score (nSPS) is 55.4. The molecule has 3 saturated heterocycles. The van der Waals surface area contributed by atoms with Crippen LogP contribution in [0.4, 0.5) is 0 Å². The topological polar surface area (TPSA) is 158 Å². The molecule has 0 saturated carbocycles. The average molecular weight is 324 g/mol. The summed E-state index contributed by atoms with van der Waals surface area (Å²) in [5.41, 5.74) is 0. The van der Waals surface area contributed by atoms with Crippen LogP contribution in [0.15, 0.2) is 0 Å². The fourth-order valence-corrected chi connectivity index (χ4v) is 2.85. The first kappa shape index (κ1) is 16.5. The van der Waals surface area contributed by atoms with E-state index in [0.29, 0.717) is 0 Å². The lowest BCUT2D eigenvalue weighted by molar-refractivity contribution is -0.345. The van der Waals surface area contributed by atoms with E-state index in [4.69, 9.17) is 24.1 Å². The van der Waals surface area contributed by atoms with E-state index in [9.17, 15) is 25.5 Å². The van der Waals surface area contributed by atoms with Crippen LogP contribution >= 0.6 is 0 Å². The quantitative estimate of drug-likeness (QED) is 0.299. The van der Waals surface area contributed by atoms with E-state index >= 15 is 0 Å². The van der Waals surface area contributed by atoms with E-state index < -0.39 is 68.0 Å². The van der Waals surface area contributed by atoms with Crippen LogP contribution in [0.25, 0.3) is 0 Å². The summed E-state index contributed by atoms with van der Waals surface area (Å²) in [4.78, 5) is 0. The molecule has 0 aromatic carbocycles. The lowest BCUT2D eigenvalue weighted by Crippen LogP contribution is -2.62. The smallest absolute Gasteiger partial charge is 0.187 e. The lowest BCUT2D eigenvalue weighted by Gasteiger charge is -2.43. The highest BCUT2D eigenvalue weighted by molar-refractivity contribution is 4.95. The summed E-state index contributed by atoms with van der Waals surface area (Å²) in [7, 11) is 0. The first-order chi connectivity index (χ1) is 10.4. The Hall–Kier alpha value is -0.400. The van der Waals surface area contributed by atoms with Gasteiger partial charge in [-0.25, -0.2) is 0 Å². The van der Waals surface area contributed by atoms with Gasteiger partial charge in [0.15, 0.2) is 12.6 Å². The Labute approximate surface area is 125 Å². The number of aliphatic hydroxyl groups excluding tert-OH is 6. The third-order valence-corrected chi connectivity index (χ3v) is 4.21. The Morgan fingerprint density at radius 3 is 2.27 bits per heavy atom. The molecule has 0 amide bonds. The van der Waals surface area contributed by atoms with Gasteiger partial charge in [-0.1, -0.05) is 0 Å². The van der Waals surface area contributed by atoms with Gasteiger partial charge in [0.2, 0.25) is 0 Å². The van der Waals surface area contributed by atoms with Crippen molar-refractivity contribution in [2.24, 2.45) is 0 Å². The highest BCUT2D eigenvalue weighted by atomic mass is 16.8. The summed E-state index contributed by atoms with van der Waals surface area (Å²) in [5, 5.41) is 58.3. The summed E-state index contributed by atoms with van der Waals surface area (Å²) in [6, 6.07) is 0. The van der Waals surface area contributed by atoms with E-state index in [2.05, 4.69) is 0 Å². The van der Waals surface area contributed by atoms with Crippen LogP contribution in [0.3, 0.4) is 0 Å². The SMILES string of the molecule is OC[C@H]1O[C@@H](O[C@H]2[C@@H]3OC[C@@H](O3)[C@@H](O)[C@@H]2O)[C@H](O)[C@@H](O)[C@@H]1O. The Bertz CT molecular complexity index is 392. The molecule has 2 bridgehead atoms. The molecule has 10 heteroatoms. The van der Waals surface area contributed by atoms with Crippen LogP contribution in [0, 0.1) is 0 Å². The minimum atomic E-state index is -1.61. The van der Waals surface area contributed by atoms with E-state index in [1.54, 1.807) is 0 Å². The zero-order chi connectivity index (χ0) is 16.0. The van der Waals surface area contributed by atoms with Crippen molar-refractivity contribution < 1.29 is 49.6 Å². The van der Waals surface area contributed by atoms with Gasteiger partial charge in [0, 0.05) is 0 Å². The standard InChI is InChI=1S/C12H20O10/c13-1-3-5(14)7(16)9(18)11(20-3)22-10-8(17)6(15)4-2-19-12(10)21-4/h3-18H,1-2H2/t3-,4-,5-,6-,7+,8+,9-,10-,11+,12-/m1/s1. The largest absolute Gasteiger partial charge is 0.394 e. The van der Waals surface area contributed by atoms with Crippen LogP contribution in [-0.2, 0) is 18.9 Å². The van der Waals surface area contributed by atoms with E-state index in [-0.39, 0.29) is 6.61 Å². The number of rotatable bonds is 3. The van der Waals surface area contributed by atoms with Crippen molar-refractivity contribution in [3.63, 3.8) is 0 Å². The minimum Gasteiger partial charge on any atom is -0.394 e. The molecule has 0 aromatic heterocycles. The van der Waals surface area contributed by atoms with Gasteiger partial charge in [-0.05, 0) is 0 Å². The number of hydrogen-bond acceptors (Lipinski definition) is 10. The van der Waals surface area contributed by atoms with Gasteiger partial charge >= 0.3 is 0 Å². The molecular formula is C12H20O10. The maximum atomic E-state index is 10.0. The highest BCUT2D eigenvalue weighted by Crippen LogP contribution is 2.32. The average Bonchev–Trinajstić information content (AvgIpc) is 2.96. The van der Waals surface area contributed by atoms with Crippen molar-refractivity contribution >= 4 is 0 Å². The lowest BCUT2D eigenvalue weighted by atomic mass is 9.98. The van der Waals surface area contributed by atoms with Crippen molar-refractivity contribution in [2.45, 2.75) is 61.4 Å². The molecular weight excluding hydrogens is 304 g/mol. The molecule has 0 radical (unpaired) electrons. The van der Waals surface area contributed by atoms with Crippen LogP contribution < -0.4 is 0 Å². The number of hydrogen-bond donors (Lipinski definition) is 6. The zero-order valence-corrected chi connectivity index (χ0v) is 11.5. The first-order valence-electron chi connectivity index (χ1n) is 7.03. The molecule has 128 valence electrons. The van der Waals surface area contributed by atoms with Crippen LogP contribution in [-0.4, -0.2) is 105 Å². The molecule has 6 N–H and O–H groups in total. The van der Waals surface area contributed by atoms with Crippen molar-refractivity contribution in [3.05, 3.63) is 0 Å². The molecule has 0 aliphatic carbocycles. The van der Waals surface area contributed by atoms with Crippen LogP contribution in [0.5, 0.6) is 0 Å². The second-order valence-corrected chi connectivity index (χ2v) is 5.66. The molecule has 22 heavy (non-hydrogen) atoms. The first-order valence-corrected chi connectivity index (χ1v) is 7.03. The monoisotopic (exact) mass is 324 g/mol. The molecule has 10 atom stereocenters.